The Balaban J connectivity index is 2.01. The van der Waals surface area contributed by atoms with Gasteiger partial charge in [0.05, 0.1) is 18.8 Å². The highest BCUT2D eigenvalue weighted by molar-refractivity contribution is 5.95. The minimum Gasteiger partial charge on any atom is -0.462 e. The van der Waals surface area contributed by atoms with Crippen molar-refractivity contribution in [2.45, 2.75) is 6.42 Å². The van der Waals surface area contributed by atoms with E-state index in [1.54, 1.807) is 0 Å². The zero-order valence-corrected chi connectivity index (χ0v) is 9.62. The summed E-state index contributed by atoms with van der Waals surface area (Å²) in [6.07, 6.45) is 0.820. The third kappa shape index (κ3) is 2.76. The van der Waals surface area contributed by atoms with Crippen molar-refractivity contribution in [2.24, 2.45) is 5.92 Å². The third-order valence-electron chi connectivity index (χ3n) is 2.79. The van der Waals surface area contributed by atoms with E-state index < -0.39 is 17.6 Å². The second-order valence-electron chi connectivity index (χ2n) is 4.18. The molecule has 2 N–H and O–H groups in total. The molecule has 0 aliphatic carbocycles. The van der Waals surface area contributed by atoms with Crippen LogP contribution in [0.4, 0.5) is 14.5 Å². The lowest BCUT2D eigenvalue weighted by Crippen LogP contribution is -2.16. The number of esters is 1. The molecule has 1 aromatic carbocycles. The molecule has 1 fully saturated rings. The normalized spacial score (nSPS) is 18.9. The summed E-state index contributed by atoms with van der Waals surface area (Å²) < 4.78 is 36.0. The highest BCUT2D eigenvalue weighted by Gasteiger charge is 2.20. The molecule has 4 nitrogen and oxygen atoms in total. The van der Waals surface area contributed by atoms with Crippen LogP contribution in [0.3, 0.4) is 0 Å². The molecule has 18 heavy (non-hydrogen) atoms. The summed E-state index contributed by atoms with van der Waals surface area (Å²) >= 11 is 0. The van der Waals surface area contributed by atoms with Gasteiger partial charge in [0, 0.05) is 24.3 Å². The lowest BCUT2D eigenvalue weighted by Gasteiger charge is -2.10. The van der Waals surface area contributed by atoms with E-state index in [0.717, 1.165) is 18.6 Å². The fourth-order valence-electron chi connectivity index (χ4n) is 1.73. The first kappa shape index (κ1) is 12.8. The van der Waals surface area contributed by atoms with E-state index >= 15 is 0 Å². The second-order valence-corrected chi connectivity index (χ2v) is 4.18. The van der Waals surface area contributed by atoms with Crippen molar-refractivity contribution in [3.8, 4) is 0 Å². The van der Waals surface area contributed by atoms with Crippen LogP contribution in [0.1, 0.15) is 16.8 Å². The van der Waals surface area contributed by atoms with Gasteiger partial charge in [0.1, 0.15) is 0 Å². The number of anilines is 1. The Morgan fingerprint density at radius 3 is 2.83 bits per heavy atom. The summed E-state index contributed by atoms with van der Waals surface area (Å²) in [4.78, 5) is 11.7. The van der Waals surface area contributed by atoms with Crippen molar-refractivity contribution in [2.75, 3.05) is 25.6 Å². The Hall–Kier alpha value is -1.69. The van der Waals surface area contributed by atoms with Gasteiger partial charge < -0.3 is 15.2 Å². The molecule has 1 aliphatic heterocycles. The van der Waals surface area contributed by atoms with Gasteiger partial charge in [0.25, 0.3) is 0 Å². The number of rotatable bonds is 3. The van der Waals surface area contributed by atoms with E-state index in [0.29, 0.717) is 13.2 Å². The van der Waals surface area contributed by atoms with Gasteiger partial charge in [-0.15, -0.1) is 0 Å². The molecule has 0 saturated carbocycles. The number of benzene rings is 1. The van der Waals surface area contributed by atoms with Gasteiger partial charge in [0.15, 0.2) is 11.6 Å². The number of ether oxygens (including phenoxy) is 2. The first-order chi connectivity index (χ1) is 8.58. The number of hydrogen-bond donors (Lipinski definition) is 1. The highest BCUT2D eigenvalue weighted by atomic mass is 19.2. The fraction of sp³-hybridized carbons (Fsp3) is 0.417. The molecule has 0 spiro atoms. The minimum absolute atomic E-state index is 0.137. The molecule has 0 aromatic heterocycles. The summed E-state index contributed by atoms with van der Waals surface area (Å²) in [5.41, 5.74) is 5.15. The predicted molar refractivity (Wildman–Crippen MR) is 60.0 cm³/mol. The van der Waals surface area contributed by atoms with Crippen molar-refractivity contribution in [1.82, 2.24) is 0 Å². The van der Waals surface area contributed by atoms with Crippen LogP contribution < -0.4 is 5.73 Å². The Kier molecular flexibility index (Phi) is 3.76. The molecule has 98 valence electrons. The molecule has 6 heteroatoms. The molecular formula is C12H13F2NO3. The Labute approximate surface area is 103 Å². The minimum atomic E-state index is -1.12. The van der Waals surface area contributed by atoms with E-state index in [4.69, 9.17) is 15.2 Å². The number of carbonyl (C=O) groups excluding carboxylic acids is 1. The zero-order chi connectivity index (χ0) is 13.1. The maximum atomic E-state index is 13.0. The van der Waals surface area contributed by atoms with Crippen molar-refractivity contribution < 1.29 is 23.0 Å². The van der Waals surface area contributed by atoms with Gasteiger partial charge in [-0.05, 0) is 12.5 Å². The van der Waals surface area contributed by atoms with E-state index in [-0.39, 0.29) is 23.8 Å². The Morgan fingerprint density at radius 1 is 1.44 bits per heavy atom. The molecule has 1 unspecified atom stereocenters. The van der Waals surface area contributed by atoms with Gasteiger partial charge in [-0.2, -0.15) is 0 Å². The Morgan fingerprint density at radius 2 is 2.17 bits per heavy atom. The standard InChI is InChI=1S/C12H13F2NO3/c13-9-3-8(11(15)4-10(9)14)12(16)18-6-7-1-2-17-5-7/h3-4,7H,1-2,5-6,15H2. The van der Waals surface area contributed by atoms with Crippen LogP contribution in [0.2, 0.25) is 0 Å². The molecule has 0 amide bonds. The van der Waals surface area contributed by atoms with Crippen LogP contribution in [0.5, 0.6) is 0 Å². The van der Waals surface area contributed by atoms with Gasteiger partial charge >= 0.3 is 5.97 Å². The lowest BCUT2D eigenvalue weighted by atomic mass is 10.1. The predicted octanol–water partition coefficient (Wildman–Crippen LogP) is 1.74. The van der Waals surface area contributed by atoms with Gasteiger partial charge in [-0.1, -0.05) is 0 Å². The second kappa shape index (κ2) is 5.30. The number of hydrogen-bond acceptors (Lipinski definition) is 4. The van der Waals surface area contributed by atoms with Crippen molar-refractivity contribution in [3.05, 3.63) is 29.3 Å². The molecular weight excluding hydrogens is 244 g/mol. The maximum Gasteiger partial charge on any atom is 0.340 e. The number of carbonyl (C=O) groups is 1. The first-order valence-electron chi connectivity index (χ1n) is 5.57. The van der Waals surface area contributed by atoms with Crippen molar-refractivity contribution in [3.63, 3.8) is 0 Å². The van der Waals surface area contributed by atoms with Crippen molar-refractivity contribution >= 4 is 11.7 Å². The average molecular weight is 257 g/mol. The van der Waals surface area contributed by atoms with Gasteiger partial charge in [-0.3, -0.25) is 0 Å². The third-order valence-corrected chi connectivity index (χ3v) is 2.79. The van der Waals surface area contributed by atoms with Crippen LogP contribution in [0.15, 0.2) is 12.1 Å². The first-order valence-corrected chi connectivity index (χ1v) is 5.57. The van der Waals surface area contributed by atoms with Gasteiger partial charge in [-0.25, -0.2) is 13.6 Å². The summed E-state index contributed by atoms with van der Waals surface area (Å²) in [6, 6.07) is 1.52. The molecule has 0 bridgehead atoms. The Bertz CT molecular complexity index is 459. The molecule has 1 heterocycles. The molecule has 2 rings (SSSR count). The SMILES string of the molecule is Nc1cc(F)c(F)cc1C(=O)OCC1CCOC1. The number of nitrogen functional groups attached to an aromatic ring is 1. The summed E-state index contributed by atoms with van der Waals surface area (Å²) in [6.45, 7) is 1.38. The monoisotopic (exact) mass is 257 g/mol. The van der Waals surface area contributed by atoms with E-state index in [1.165, 1.54) is 0 Å². The average Bonchev–Trinajstić information content (AvgIpc) is 2.84. The smallest absolute Gasteiger partial charge is 0.340 e. The highest BCUT2D eigenvalue weighted by Crippen LogP contribution is 2.19. The summed E-state index contributed by atoms with van der Waals surface area (Å²) in [5, 5.41) is 0. The van der Waals surface area contributed by atoms with Gasteiger partial charge in [0.2, 0.25) is 0 Å². The van der Waals surface area contributed by atoms with Crippen LogP contribution in [-0.4, -0.2) is 25.8 Å². The quantitative estimate of drug-likeness (QED) is 0.661. The van der Waals surface area contributed by atoms with Crippen LogP contribution in [0, 0.1) is 17.6 Å². The van der Waals surface area contributed by atoms with E-state index in [9.17, 15) is 13.6 Å². The molecule has 1 saturated heterocycles. The molecule has 0 radical (unpaired) electrons. The lowest BCUT2D eigenvalue weighted by molar-refractivity contribution is 0.0429. The molecule has 1 aliphatic rings. The van der Waals surface area contributed by atoms with Crippen LogP contribution >= 0.6 is 0 Å². The maximum absolute atomic E-state index is 13.0. The topological polar surface area (TPSA) is 61.6 Å². The zero-order valence-electron chi connectivity index (χ0n) is 9.62. The fourth-order valence-corrected chi connectivity index (χ4v) is 1.73. The number of nitrogens with two attached hydrogens (primary N) is 1. The largest absolute Gasteiger partial charge is 0.462 e. The summed E-state index contributed by atoms with van der Waals surface area (Å²) in [7, 11) is 0. The number of halogens is 2. The molecule has 1 atom stereocenters. The van der Waals surface area contributed by atoms with Crippen LogP contribution in [-0.2, 0) is 9.47 Å². The molecule has 1 aromatic rings. The van der Waals surface area contributed by atoms with E-state index in [2.05, 4.69) is 0 Å². The van der Waals surface area contributed by atoms with Crippen molar-refractivity contribution in [1.29, 1.82) is 0 Å². The van der Waals surface area contributed by atoms with Crippen LogP contribution in [0.25, 0.3) is 0 Å². The van der Waals surface area contributed by atoms with E-state index in [1.807, 2.05) is 0 Å². The summed E-state index contributed by atoms with van der Waals surface area (Å²) in [5.74, 6) is -2.81.